The van der Waals surface area contributed by atoms with E-state index in [2.05, 4.69) is 19.6 Å². The molecule has 0 aliphatic rings. The van der Waals surface area contributed by atoms with Gasteiger partial charge in [-0.05, 0) is 34.1 Å². The molecule has 0 bridgehead atoms. The second-order valence-corrected chi connectivity index (χ2v) is 13.9. The van der Waals surface area contributed by atoms with Crippen LogP contribution in [0.5, 0.6) is 0 Å². The Labute approximate surface area is 107 Å². The summed E-state index contributed by atoms with van der Waals surface area (Å²) >= 11 is 0. The third kappa shape index (κ3) is 6.16. The average molecular weight is 281 g/mol. The summed E-state index contributed by atoms with van der Waals surface area (Å²) in [5.41, 5.74) is -0.465. The first-order chi connectivity index (χ1) is 7.27. The fraction of sp³-hybridized carbons (Fsp3) is 1.00. The van der Waals surface area contributed by atoms with Crippen molar-refractivity contribution in [1.29, 1.82) is 0 Å². The molecule has 0 aromatic carbocycles. The van der Waals surface area contributed by atoms with Gasteiger partial charge >= 0.3 is 7.75 Å². The minimum Gasteiger partial charge on any atom is -0.312 e. The fourth-order valence-corrected chi connectivity index (χ4v) is 4.92. The molecular weight excluding hydrogens is 253 g/mol. The highest BCUT2D eigenvalue weighted by atomic mass is 31.2. The van der Waals surface area contributed by atoms with Gasteiger partial charge in [-0.1, -0.05) is 25.7 Å². The Hall–Kier alpha value is 0.327. The van der Waals surface area contributed by atoms with Crippen molar-refractivity contribution in [3.63, 3.8) is 0 Å². The van der Waals surface area contributed by atoms with E-state index in [0.717, 1.165) is 12.5 Å². The van der Waals surface area contributed by atoms with Gasteiger partial charge < -0.3 is 9.79 Å². The molecule has 0 rings (SSSR count). The molecule has 0 atom stereocenters. The fourth-order valence-electron chi connectivity index (χ4n) is 2.15. The Morgan fingerprint density at radius 1 is 1.24 bits per heavy atom. The Morgan fingerprint density at radius 3 is 1.88 bits per heavy atom. The van der Waals surface area contributed by atoms with E-state index in [9.17, 15) is 14.4 Å². The van der Waals surface area contributed by atoms with Gasteiger partial charge in [-0.2, -0.15) is 0 Å². The van der Waals surface area contributed by atoms with Crippen molar-refractivity contribution in [2.45, 2.75) is 71.4 Å². The summed E-state index contributed by atoms with van der Waals surface area (Å²) in [6.45, 7) is 14.3. The Morgan fingerprint density at radius 2 is 1.65 bits per heavy atom. The van der Waals surface area contributed by atoms with Crippen molar-refractivity contribution in [2.75, 3.05) is 0 Å². The first-order valence-electron chi connectivity index (χ1n) is 6.13. The van der Waals surface area contributed by atoms with E-state index >= 15 is 0 Å². The lowest BCUT2D eigenvalue weighted by atomic mass is 10.0. The predicted molar refractivity (Wildman–Crippen MR) is 75.9 cm³/mol. The van der Waals surface area contributed by atoms with Crippen molar-refractivity contribution in [2.24, 2.45) is 0 Å². The smallest absolute Gasteiger partial charge is 0.312 e. The van der Waals surface area contributed by atoms with E-state index in [4.69, 9.17) is 0 Å². The normalized spacial score (nSPS) is 14.8. The summed E-state index contributed by atoms with van der Waals surface area (Å²) in [7, 11) is -5.37. The molecule has 0 radical (unpaired) electrons. The van der Waals surface area contributed by atoms with Gasteiger partial charge in [-0.25, -0.2) is 9.24 Å². The maximum Gasteiger partial charge on any atom is 0.403 e. The summed E-state index contributed by atoms with van der Waals surface area (Å²) in [6.07, 6.45) is 0.825. The van der Waals surface area contributed by atoms with Crippen LogP contribution < -0.4 is 0 Å². The number of hydrogen-bond donors (Lipinski definition) is 2. The zero-order valence-corrected chi connectivity index (χ0v) is 14.1. The molecule has 0 saturated carbocycles. The Balaban J connectivity index is 4.92. The average Bonchev–Trinajstić information content (AvgIpc) is 1.94. The maximum absolute atomic E-state index is 11.6. The molecular formula is C11H28NO3PSi. The van der Waals surface area contributed by atoms with E-state index in [0.29, 0.717) is 0 Å². The number of nitrogens with zero attached hydrogens (tertiary/aromatic N) is 1. The van der Waals surface area contributed by atoms with Gasteiger partial charge in [0.05, 0.1) is 0 Å². The number of hydrogen-bond acceptors (Lipinski definition) is 1. The summed E-state index contributed by atoms with van der Waals surface area (Å²) in [5, 5.41) is 0. The summed E-state index contributed by atoms with van der Waals surface area (Å²) < 4.78 is 12.9. The van der Waals surface area contributed by atoms with Gasteiger partial charge in [0, 0.05) is 19.7 Å². The van der Waals surface area contributed by atoms with E-state index in [-0.39, 0.29) is 6.04 Å². The minimum absolute atomic E-state index is 0.160. The standard InChI is InChI=1S/C11H28NO3PSi/c1-10(2)12(16(13,14)15)11(3,4)8-9-17(5,6)7/h10H,8-9H2,1-7H3,(H2,13,14,15). The van der Waals surface area contributed by atoms with E-state index in [1.807, 2.05) is 27.7 Å². The lowest BCUT2D eigenvalue weighted by molar-refractivity contribution is 0.134. The quantitative estimate of drug-likeness (QED) is 0.579. The third-order valence-corrected chi connectivity index (χ3v) is 6.19. The molecule has 0 saturated heterocycles. The lowest BCUT2D eigenvalue weighted by Crippen LogP contribution is -2.46. The van der Waals surface area contributed by atoms with Crippen LogP contribution in [0.25, 0.3) is 0 Å². The van der Waals surface area contributed by atoms with Crippen LogP contribution in [-0.2, 0) is 4.57 Å². The van der Waals surface area contributed by atoms with Gasteiger partial charge in [0.1, 0.15) is 0 Å². The first-order valence-corrected chi connectivity index (χ1v) is 11.4. The second-order valence-electron chi connectivity index (χ2n) is 6.82. The molecule has 0 aromatic heterocycles. The third-order valence-electron chi connectivity index (χ3n) is 2.88. The van der Waals surface area contributed by atoms with Crippen LogP contribution in [0.4, 0.5) is 0 Å². The van der Waals surface area contributed by atoms with Crippen molar-refractivity contribution in [1.82, 2.24) is 4.67 Å². The highest BCUT2D eigenvalue weighted by Crippen LogP contribution is 2.48. The molecule has 0 aliphatic heterocycles. The molecule has 0 amide bonds. The van der Waals surface area contributed by atoms with Gasteiger partial charge in [0.15, 0.2) is 0 Å². The molecule has 2 N–H and O–H groups in total. The second kappa shape index (κ2) is 5.53. The summed E-state index contributed by atoms with van der Waals surface area (Å²) in [4.78, 5) is 18.9. The Kier molecular flexibility index (Phi) is 5.64. The maximum atomic E-state index is 11.6. The molecule has 0 aromatic rings. The molecule has 0 spiro atoms. The molecule has 0 fully saturated rings. The molecule has 0 heterocycles. The molecule has 0 aliphatic carbocycles. The lowest BCUT2D eigenvalue weighted by Gasteiger charge is -2.42. The molecule has 4 nitrogen and oxygen atoms in total. The van der Waals surface area contributed by atoms with Crippen molar-refractivity contribution >= 4 is 15.8 Å². The van der Waals surface area contributed by atoms with Crippen LogP contribution >= 0.6 is 7.75 Å². The van der Waals surface area contributed by atoms with E-state index in [1.165, 1.54) is 4.67 Å². The first kappa shape index (κ1) is 17.3. The SMILES string of the molecule is CC(C)N(C(C)(C)CC[Si](C)(C)C)P(=O)(O)O. The molecule has 0 unspecified atom stereocenters. The van der Waals surface area contributed by atoms with Crippen molar-refractivity contribution in [3.05, 3.63) is 0 Å². The van der Waals surface area contributed by atoms with E-state index in [1.54, 1.807) is 0 Å². The van der Waals surface area contributed by atoms with Crippen LogP contribution in [0.2, 0.25) is 25.7 Å². The Bertz CT molecular complexity index is 294. The van der Waals surface area contributed by atoms with Crippen LogP contribution in [0.15, 0.2) is 0 Å². The molecule has 104 valence electrons. The van der Waals surface area contributed by atoms with Crippen LogP contribution in [0.1, 0.15) is 34.1 Å². The monoisotopic (exact) mass is 281 g/mol. The molecule has 17 heavy (non-hydrogen) atoms. The zero-order valence-electron chi connectivity index (χ0n) is 12.2. The van der Waals surface area contributed by atoms with Crippen LogP contribution in [-0.4, -0.2) is 34.1 Å². The topological polar surface area (TPSA) is 60.8 Å². The van der Waals surface area contributed by atoms with Gasteiger partial charge in [0.2, 0.25) is 0 Å². The van der Waals surface area contributed by atoms with Crippen molar-refractivity contribution < 1.29 is 14.4 Å². The van der Waals surface area contributed by atoms with Gasteiger partial charge in [-0.3, -0.25) is 0 Å². The predicted octanol–water partition coefficient (Wildman–Crippen LogP) is 3.30. The summed E-state index contributed by atoms with van der Waals surface area (Å²) in [6, 6.07) is 0.913. The van der Waals surface area contributed by atoms with Crippen molar-refractivity contribution in [3.8, 4) is 0 Å². The van der Waals surface area contributed by atoms with E-state index < -0.39 is 21.4 Å². The van der Waals surface area contributed by atoms with Crippen LogP contribution in [0, 0.1) is 0 Å². The van der Waals surface area contributed by atoms with Crippen LogP contribution in [0.3, 0.4) is 0 Å². The molecule has 6 heteroatoms. The highest BCUT2D eigenvalue weighted by Gasteiger charge is 2.40. The highest BCUT2D eigenvalue weighted by molar-refractivity contribution is 7.49. The zero-order chi connectivity index (χ0) is 14.1. The number of rotatable bonds is 6. The van der Waals surface area contributed by atoms with Gasteiger partial charge in [-0.15, -0.1) is 0 Å². The minimum atomic E-state index is -4.19. The van der Waals surface area contributed by atoms with Gasteiger partial charge in [0.25, 0.3) is 0 Å². The summed E-state index contributed by atoms with van der Waals surface area (Å²) in [5.74, 6) is 0. The largest absolute Gasteiger partial charge is 0.403 e.